The standard InChI is InChI=1S/C24H18FN5O3S2/c1-14-3-2-4-23(27-14)30-21(15-5-8-19-22(10-15)34-13-26-19)11-20(29-30)24(31)28-17-6-7-18(25)16(9-17)12-35(32)33/h2-11,13,35H,12H2,1H3,(H,28,31). The number of fused-ring (bicyclic) bond motifs is 1. The number of carbonyl (C=O) groups is 1. The summed E-state index contributed by atoms with van der Waals surface area (Å²) in [6, 6.07) is 16.8. The van der Waals surface area contributed by atoms with Crippen molar-refractivity contribution in [3.8, 4) is 17.1 Å². The van der Waals surface area contributed by atoms with Crippen molar-refractivity contribution in [3.05, 3.63) is 88.9 Å². The van der Waals surface area contributed by atoms with Gasteiger partial charge in [0.1, 0.15) is 16.5 Å². The summed E-state index contributed by atoms with van der Waals surface area (Å²) in [4.78, 5) is 21.9. The van der Waals surface area contributed by atoms with Crippen molar-refractivity contribution in [1.82, 2.24) is 19.7 Å². The molecule has 2 aromatic carbocycles. The lowest BCUT2D eigenvalue weighted by Crippen LogP contribution is -2.14. The molecule has 1 amide bonds. The summed E-state index contributed by atoms with van der Waals surface area (Å²) in [6.07, 6.45) is 0. The largest absolute Gasteiger partial charge is 0.321 e. The lowest BCUT2D eigenvalue weighted by molar-refractivity contribution is 0.102. The van der Waals surface area contributed by atoms with E-state index in [-0.39, 0.29) is 16.9 Å². The Bertz CT molecular complexity index is 1650. The van der Waals surface area contributed by atoms with Crippen LogP contribution in [0.15, 0.2) is 66.2 Å². The molecule has 0 radical (unpaired) electrons. The number of carbonyl (C=O) groups excluding carboxylic acids is 1. The van der Waals surface area contributed by atoms with Gasteiger partial charge in [0.2, 0.25) is 0 Å². The number of nitrogens with one attached hydrogen (secondary N) is 1. The number of hydrogen-bond donors (Lipinski definition) is 2. The van der Waals surface area contributed by atoms with Gasteiger partial charge in [-0.1, -0.05) is 12.1 Å². The highest BCUT2D eigenvalue weighted by Crippen LogP contribution is 2.29. The number of nitrogens with zero attached hydrogens (tertiary/aromatic N) is 4. The zero-order valence-electron chi connectivity index (χ0n) is 18.3. The molecular weight excluding hydrogens is 489 g/mol. The van der Waals surface area contributed by atoms with E-state index in [1.807, 2.05) is 37.3 Å². The van der Waals surface area contributed by atoms with Crippen LogP contribution in [0.25, 0.3) is 27.3 Å². The number of benzene rings is 2. The minimum atomic E-state index is -2.81. The summed E-state index contributed by atoms with van der Waals surface area (Å²) in [5, 5.41) is 7.18. The first kappa shape index (κ1) is 22.8. The maximum atomic E-state index is 13.9. The number of anilines is 1. The zero-order valence-corrected chi connectivity index (χ0v) is 20.0. The molecular formula is C24H18FN5O3S2. The number of hydrogen-bond acceptors (Lipinski definition) is 7. The number of aryl methyl sites for hydroxylation is 1. The molecule has 0 aliphatic rings. The Labute approximate surface area is 205 Å². The van der Waals surface area contributed by atoms with Crippen molar-refractivity contribution < 1.29 is 17.6 Å². The van der Waals surface area contributed by atoms with Crippen LogP contribution in [0.1, 0.15) is 21.7 Å². The lowest BCUT2D eigenvalue weighted by Gasteiger charge is -2.07. The Morgan fingerprint density at radius 3 is 2.77 bits per heavy atom. The summed E-state index contributed by atoms with van der Waals surface area (Å²) in [5.74, 6) is -1.09. The van der Waals surface area contributed by atoms with Crippen LogP contribution in [0.5, 0.6) is 0 Å². The van der Waals surface area contributed by atoms with E-state index < -0.39 is 28.2 Å². The van der Waals surface area contributed by atoms with Crippen molar-refractivity contribution in [1.29, 1.82) is 0 Å². The quantitative estimate of drug-likeness (QED) is 0.331. The highest BCUT2D eigenvalue weighted by molar-refractivity contribution is 7.71. The van der Waals surface area contributed by atoms with Crippen LogP contribution in [-0.4, -0.2) is 34.1 Å². The smallest absolute Gasteiger partial charge is 0.276 e. The van der Waals surface area contributed by atoms with E-state index >= 15 is 0 Å². The number of pyridine rings is 1. The van der Waals surface area contributed by atoms with E-state index in [4.69, 9.17) is 0 Å². The predicted octanol–water partition coefficient (Wildman–Crippen LogP) is 4.36. The summed E-state index contributed by atoms with van der Waals surface area (Å²) in [5.41, 5.74) is 5.30. The molecule has 5 aromatic rings. The highest BCUT2D eigenvalue weighted by Gasteiger charge is 2.19. The van der Waals surface area contributed by atoms with Gasteiger partial charge < -0.3 is 5.32 Å². The lowest BCUT2D eigenvalue weighted by atomic mass is 10.1. The normalized spacial score (nSPS) is 11.3. The van der Waals surface area contributed by atoms with Crippen molar-refractivity contribution in [2.75, 3.05) is 5.32 Å². The van der Waals surface area contributed by atoms with Crippen LogP contribution < -0.4 is 5.32 Å². The first-order chi connectivity index (χ1) is 16.9. The molecule has 3 aromatic heterocycles. The van der Waals surface area contributed by atoms with Crippen LogP contribution in [0.2, 0.25) is 0 Å². The van der Waals surface area contributed by atoms with Crippen molar-refractivity contribution in [3.63, 3.8) is 0 Å². The molecule has 11 heteroatoms. The molecule has 176 valence electrons. The Morgan fingerprint density at radius 2 is 1.97 bits per heavy atom. The molecule has 5 rings (SSSR count). The third-order valence-electron chi connectivity index (χ3n) is 5.26. The van der Waals surface area contributed by atoms with Gasteiger partial charge in [0.05, 0.1) is 27.2 Å². The Balaban J connectivity index is 1.54. The molecule has 35 heavy (non-hydrogen) atoms. The minimum Gasteiger partial charge on any atom is -0.321 e. The van der Waals surface area contributed by atoms with Gasteiger partial charge in [-0.3, -0.25) is 4.79 Å². The van der Waals surface area contributed by atoms with Crippen LogP contribution >= 0.6 is 11.3 Å². The number of thiol groups is 1. The number of aromatic nitrogens is 4. The number of rotatable bonds is 6. The molecule has 0 aliphatic heterocycles. The molecule has 0 atom stereocenters. The third kappa shape index (κ3) is 4.81. The van der Waals surface area contributed by atoms with Crippen LogP contribution in [0, 0.1) is 12.7 Å². The number of halogens is 1. The zero-order chi connectivity index (χ0) is 24.5. The fourth-order valence-corrected chi connectivity index (χ4v) is 4.88. The summed E-state index contributed by atoms with van der Waals surface area (Å²) >= 11 is 1.51. The predicted molar refractivity (Wildman–Crippen MR) is 133 cm³/mol. The summed E-state index contributed by atoms with van der Waals surface area (Å²) < 4.78 is 38.6. The molecule has 0 unspecified atom stereocenters. The second-order valence-corrected chi connectivity index (χ2v) is 9.62. The van der Waals surface area contributed by atoms with Crippen LogP contribution in [-0.2, 0) is 16.5 Å². The molecule has 0 spiro atoms. The Kier molecular flexibility index (Phi) is 6.10. The van der Waals surface area contributed by atoms with Gasteiger partial charge in [-0.15, -0.1) is 11.3 Å². The average Bonchev–Trinajstić information content (AvgIpc) is 3.48. The van der Waals surface area contributed by atoms with E-state index in [1.165, 1.54) is 23.5 Å². The van der Waals surface area contributed by atoms with Gasteiger partial charge in [0, 0.05) is 22.5 Å². The minimum absolute atomic E-state index is 0.0213. The molecule has 1 N–H and O–H groups in total. The van der Waals surface area contributed by atoms with Gasteiger partial charge in [0.15, 0.2) is 11.5 Å². The maximum absolute atomic E-state index is 13.9. The van der Waals surface area contributed by atoms with E-state index in [0.29, 0.717) is 11.5 Å². The van der Waals surface area contributed by atoms with Gasteiger partial charge in [-0.05, 0) is 55.5 Å². The van der Waals surface area contributed by atoms with Crippen molar-refractivity contribution >= 4 is 43.9 Å². The Hall–Kier alpha value is -3.96. The first-order valence-corrected chi connectivity index (χ1v) is 12.7. The molecule has 0 bridgehead atoms. The average molecular weight is 508 g/mol. The van der Waals surface area contributed by atoms with Crippen LogP contribution in [0.4, 0.5) is 10.1 Å². The molecule has 0 saturated heterocycles. The fraction of sp³-hybridized carbons (Fsp3) is 0.0833. The van der Waals surface area contributed by atoms with E-state index in [2.05, 4.69) is 20.4 Å². The molecule has 0 fully saturated rings. The number of amides is 1. The van der Waals surface area contributed by atoms with Gasteiger partial charge >= 0.3 is 0 Å². The maximum Gasteiger partial charge on any atom is 0.276 e. The molecule has 0 saturated carbocycles. The second kappa shape index (κ2) is 9.35. The van der Waals surface area contributed by atoms with E-state index in [9.17, 15) is 17.6 Å². The topological polar surface area (TPSA) is 107 Å². The molecule has 3 heterocycles. The van der Waals surface area contributed by atoms with E-state index in [0.717, 1.165) is 27.5 Å². The van der Waals surface area contributed by atoms with Gasteiger partial charge in [-0.2, -0.15) is 5.10 Å². The Morgan fingerprint density at radius 1 is 1.11 bits per heavy atom. The monoisotopic (exact) mass is 507 g/mol. The summed E-state index contributed by atoms with van der Waals surface area (Å²) in [7, 11) is -2.81. The van der Waals surface area contributed by atoms with Crippen molar-refractivity contribution in [2.24, 2.45) is 0 Å². The first-order valence-electron chi connectivity index (χ1n) is 10.5. The fourth-order valence-electron chi connectivity index (χ4n) is 3.64. The molecule has 0 aliphatic carbocycles. The highest BCUT2D eigenvalue weighted by atomic mass is 32.2. The van der Waals surface area contributed by atoms with Crippen LogP contribution in [0.3, 0.4) is 0 Å². The van der Waals surface area contributed by atoms with Gasteiger partial charge in [0.25, 0.3) is 5.91 Å². The molecule has 8 nitrogen and oxygen atoms in total. The SMILES string of the molecule is Cc1cccc(-n2nc(C(=O)Nc3ccc(F)c(C[SH](=O)=O)c3)cc2-c2ccc3ncsc3c2)n1. The second-order valence-electron chi connectivity index (χ2n) is 7.75. The number of thiazole rings is 1. The van der Waals surface area contributed by atoms with E-state index in [1.54, 1.807) is 22.3 Å². The third-order valence-corrected chi connectivity index (χ3v) is 6.65. The summed E-state index contributed by atoms with van der Waals surface area (Å²) in [6.45, 7) is 1.87. The van der Waals surface area contributed by atoms with Crippen molar-refractivity contribution in [2.45, 2.75) is 12.7 Å². The van der Waals surface area contributed by atoms with Gasteiger partial charge in [-0.25, -0.2) is 27.5 Å².